The van der Waals surface area contributed by atoms with E-state index in [0.29, 0.717) is 12.1 Å². The fourth-order valence-electron chi connectivity index (χ4n) is 4.91. The van der Waals surface area contributed by atoms with Crippen LogP contribution in [0.4, 0.5) is 0 Å². The maximum Gasteiger partial charge on any atom is 0.0678 e. The van der Waals surface area contributed by atoms with Gasteiger partial charge >= 0.3 is 0 Å². The predicted octanol–water partition coefficient (Wildman–Crippen LogP) is 2.83. The minimum atomic E-state index is 0.264. The van der Waals surface area contributed by atoms with Crippen LogP contribution in [0.3, 0.4) is 0 Å². The average molecular weight is 369 g/mol. The molecule has 0 amide bonds. The fraction of sp³-hybridized carbons (Fsp3) is 0.591. The Morgan fingerprint density at radius 2 is 1.96 bits per heavy atom. The van der Waals surface area contributed by atoms with Crippen LogP contribution in [-0.4, -0.2) is 63.0 Å². The van der Waals surface area contributed by atoms with Gasteiger partial charge in [0, 0.05) is 49.6 Å². The third-order valence-corrected chi connectivity index (χ3v) is 6.51. The highest BCUT2D eigenvalue weighted by atomic mass is 16.3. The number of aromatic nitrogens is 2. The molecule has 0 bridgehead atoms. The lowest BCUT2D eigenvalue weighted by molar-refractivity contribution is 0.0331. The van der Waals surface area contributed by atoms with Crippen LogP contribution < -0.4 is 0 Å². The van der Waals surface area contributed by atoms with Gasteiger partial charge in [-0.15, -0.1) is 0 Å². The Bertz CT molecular complexity index is 800. The van der Waals surface area contributed by atoms with E-state index in [9.17, 15) is 5.11 Å². The van der Waals surface area contributed by atoms with Gasteiger partial charge in [-0.3, -0.25) is 9.80 Å². The zero-order chi connectivity index (χ0) is 19.0. The molecule has 2 fully saturated rings. The molecule has 0 saturated carbocycles. The quantitative estimate of drug-likeness (QED) is 0.881. The van der Waals surface area contributed by atoms with Crippen LogP contribution in [0.2, 0.25) is 0 Å². The normalized spacial score (nSPS) is 23.7. The van der Waals surface area contributed by atoms with Crippen molar-refractivity contribution < 1.29 is 5.11 Å². The lowest BCUT2D eigenvalue weighted by atomic mass is 10.0. The molecule has 5 nitrogen and oxygen atoms in total. The van der Waals surface area contributed by atoms with Crippen LogP contribution in [0.1, 0.15) is 41.8 Å². The molecule has 5 heteroatoms. The van der Waals surface area contributed by atoms with Crippen LogP contribution in [0.25, 0.3) is 5.69 Å². The van der Waals surface area contributed by atoms with Gasteiger partial charge in [-0.2, -0.15) is 5.10 Å². The number of rotatable bonds is 5. The zero-order valence-corrected chi connectivity index (χ0v) is 16.9. The lowest BCUT2D eigenvalue weighted by Gasteiger charge is -2.43. The van der Waals surface area contributed by atoms with Gasteiger partial charge in [0.2, 0.25) is 0 Å². The Morgan fingerprint density at radius 1 is 1.15 bits per heavy atom. The van der Waals surface area contributed by atoms with Crippen molar-refractivity contribution in [3.05, 3.63) is 46.8 Å². The van der Waals surface area contributed by atoms with Crippen LogP contribution in [0.15, 0.2) is 24.3 Å². The Labute approximate surface area is 162 Å². The van der Waals surface area contributed by atoms with E-state index in [-0.39, 0.29) is 6.61 Å². The molecule has 1 aromatic heterocycles. The van der Waals surface area contributed by atoms with Crippen molar-refractivity contribution in [1.82, 2.24) is 19.6 Å². The minimum absolute atomic E-state index is 0.264. The molecule has 1 N–H and O–H groups in total. The molecule has 0 radical (unpaired) electrons. The lowest BCUT2D eigenvalue weighted by Crippen LogP contribution is -2.55. The smallest absolute Gasteiger partial charge is 0.0678 e. The summed E-state index contributed by atoms with van der Waals surface area (Å²) >= 11 is 0. The van der Waals surface area contributed by atoms with Gasteiger partial charge in [-0.05, 0) is 58.2 Å². The third-order valence-electron chi connectivity index (χ3n) is 6.51. The maximum absolute atomic E-state index is 9.57. The molecule has 27 heavy (non-hydrogen) atoms. The first-order valence-corrected chi connectivity index (χ1v) is 10.3. The summed E-state index contributed by atoms with van der Waals surface area (Å²) < 4.78 is 2.10. The summed E-state index contributed by atoms with van der Waals surface area (Å²) in [6.07, 6.45) is 3.48. The van der Waals surface area contributed by atoms with Crippen LogP contribution >= 0.6 is 0 Å². The first-order valence-electron chi connectivity index (χ1n) is 10.3. The summed E-state index contributed by atoms with van der Waals surface area (Å²) in [5, 5.41) is 14.4. The first-order chi connectivity index (χ1) is 13.1. The highest BCUT2D eigenvalue weighted by molar-refractivity contribution is 5.42. The molecule has 0 spiro atoms. The van der Waals surface area contributed by atoms with E-state index in [0.717, 1.165) is 37.4 Å². The van der Waals surface area contributed by atoms with Gasteiger partial charge in [0.15, 0.2) is 0 Å². The summed E-state index contributed by atoms with van der Waals surface area (Å²) in [4.78, 5) is 5.23. The van der Waals surface area contributed by atoms with Crippen molar-refractivity contribution in [2.24, 2.45) is 0 Å². The topological polar surface area (TPSA) is 44.5 Å². The van der Waals surface area contributed by atoms with Gasteiger partial charge in [0.05, 0.1) is 11.4 Å². The second kappa shape index (κ2) is 7.74. The number of benzene rings is 1. The Hall–Kier alpha value is -1.69. The molecule has 2 aliphatic rings. The SMILES string of the molecule is Cc1ccccc1-n1nc(C)c(CN2CC3CCCN3C[C@@H]2CCO)c1C. The number of aliphatic hydroxyl groups excluding tert-OH is 1. The van der Waals surface area contributed by atoms with Crippen LogP contribution in [-0.2, 0) is 6.54 Å². The second-order valence-electron chi connectivity index (χ2n) is 8.23. The van der Waals surface area contributed by atoms with Crippen molar-refractivity contribution in [1.29, 1.82) is 0 Å². The molecule has 2 atom stereocenters. The molecule has 2 saturated heterocycles. The fourth-order valence-corrected chi connectivity index (χ4v) is 4.91. The maximum atomic E-state index is 9.57. The van der Waals surface area contributed by atoms with E-state index in [1.54, 1.807) is 0 Å². The summed E-state index contributed by atoms with van der Waals surface area (Å²) in [5.41, 5.74) is 6.10. The number of para-hydroxylation sites is 1. The number of fused-ring (bicyclic) bond motifs is 1. The summed E-state index contributed by atoms with van der Waals surface area (Å²) in [6.45, 7) is 11.1. The third kappa shape index (κ3) is 3.56. The number of piperazine rings is 1. The number of aliphatic hydroxyl groups is 1. The zero-order valence-electron chi connectivity index (χ0n) is 16.9. The minimum Gasteiger partial charge on any atom is -0.396 e. The highest BCUT2D eigenvalue weighted by Gasteiger charge is 2.36. The Kier molecular flexibility index (Phi) is 5.35. The monoisotopic (exact) mass is 368 g/mol. The number of aryl methyl sites for hydroxylation is 2. The van der Waals surface area contributed by atoms with E-state index >= 15 is 0 Å². The van der Waals surface area contributed by atoms with Crippen molar-refractivity contribution in [2.45, 2.75) is 58.7 Å². The van der Waals surface area contributed by atoms with Gasteiger partial charge < -0.3 is 5.11 Å². The molecule has 1 unspecified atom stereocenters. The Morgan fingerprint density at radius 3 is 2.74 bits per heavy atom. The molecule has 1 aromatic carbocycles. The van der Waals surface area contributed by atoms with E-state index in [1.807, 2.05) is 0 Å². The van der Waals surface area contributed by atoms with Crippen LogP contribution in [0.5, 0.6) is 0 Å². The van der Waals surface area contributed by atoms with Gasteiger partial charge in [-0.25, -0.2) is 4.68 Å². The van der Waals surface area contributed by atoms with Gasteiger partial charge in [-0.1, -0.05) is 18.2 Å². The molecule has 3 heterocycles. The van der Waals surface area contributed by atoms with Crippen molar-refractivity contribution in [2.75, 3.05) is 26.2 Å². The first kappa shape index (κ1) is 18.7. The van der Waals surface area contributed by atoms with Crippen molar-refractivity contribution >= 4 is 0 Å². The Balaban J connectivity index is 1.61. The van der Waals surface area contributed by atoms with Crippen molar-refractivity contribution in [3.8, 4) is 5.69 Å². The standard InChI is InChI=1S/C22H32N4O/c1-16-7-4-5-9-22(16)26-18(3)21(17(2)23-26)15-25-14-19-8-6-11-24(19)13-20(25)10-12-27/h4-5,7,9,19-20,27H,6,8,10-15H2,1-3H3/t19?,20-/m0/s1. The van der Waals surface area contributed by atoms with Crippen molar-refractivity contribution in [3.63, 3.8) is 0 Å². The van der Waals surface area contributed by atoms with Crippen LogP contribution in [0, 0.1) is 20.8 Å². The average Bonchev–Trinajstić information content (AvgIpc) is 3.21. The molecule has 146 valence electrons. The van der Waals surface area contributed by atoms with E-state index in [2.05, 4.69) is 59.5 Å². The molecular weight excluding hydrogens is 336 g/mol. The molecule has 2 aromatic rings. The highest BCUT2D eigenvalue weighted by Crippen LogP contribution is 2.29. The molecule has 0 aliphatic carbocycles. The van der Waals surface area contributed by atoms with E-state index in [1.165, 1.54) is 36.2 Å². The number of hydrogen-bond acceptors (Lipinski definition) is 4. The molecule has 4 rings (SSSR count). The van der Waals surface area contributed by atoms with Gasteiger partial charge in [0.25, 0.3) is 0 Å². The largest absolute Gasteiger partial charge is 0.396 e. The summed E-state index contributed by atoms with van der Waals surface area (Å²) in [6, 6.07) is 9.56. The number of hydrogen-bond donors (Lipinski definition) is 1. The summed E-state index contributed by atoms with van der Waals surface area (Å²) in [5.74, 6) is 0. The van der Waals surface area contributed by atoms with Gasteiger partial charge in [0.1, 0.15) is 0 Å². The van der Waals surface area contributed by atoms with E-state index in [4.69, 9.17) is 5.10 Å². The predicted molar refractivity (Wildman–Crippen MR) is 108 cm³/mol. The summed E-state index contributed by atoms with van der Waals surface area (Å²) in [7, 11) is 0. The second-order valence-corrected chi connectivity index (χ2v) is 8.23. The van der Waals surface area contributed by atoms with E-state index < -0.39 is 0 Å². The molecular formula is C22H32N4O. The number of nitrogens with zero attached hydrogens (tertiary/aromatic N) is 4. The molecule has 2 aliphatic heterocycles.